The first kappa shape index (κ1) is 15.5. The van der Waals surface area contributed by atoms with Crippen LogP contribution in [0.4, 0.5) is 0 Å². The van der Waals surface area contributed by atoms with Crippen molar-refractivity contribution in [2.24, 2.45) is 0 Å². The topological polar surface area (TPSA) is 46.6 Å². The molecule has 0 bridgehead atoms. The number of esters is 1. The van der Waals surface area contributed by atoms with Crippen LogP contribution in [0, 0.1) is 6.92 Å². The van der Waals surface area contributed by atoms with E-state index in [9.17, 15) is 9.59 Å². The Hall–Kier alpha value is -1.55. The molecule has 0 N–H and O–H groups in total. The zero-order valence-electron chi connectivity index (χ0n) is 11.4. The summed E-state index contributed by atoms with van der Waals surface area (Å²) in [6.45, 7) is 6.11. The first-order valence-corrected chi connectivity index (χ1v) is 6.57. The maximum Gasteiger partial charge on any atom is 0.325 e. The number of halogens is 1. The summed E-state index contributed by atoms with van der Waals surface area (Å²) < 4.78 is 4.85. The minimum Gasteiger partial charge on any atom is -0.465 e. The van der Waals surface area contributed by atoms with Crippen LogP contribution in [0.15, 0.2) is 18.2 Å². The van der Waals surface area contributed by atoms with Crippen molar-refractivity contribution in [1.29, 1.82) is 0 Å². The molecule has 0 radical (unpaired) electrons. The standard InChI is InChI=1S/C14H18ClNO3/c1-4-16(9-13(17)19-5-2)14(18)11-6-10(3)7-12(15)8-11/h6-8H,4-5,9H2,1-3H3. The molecule has 1 aromatic carbocycles. The summed E-state index contributed by atoms with van der Waals surface area (Å²) in [6, 6.07) is 5.13. The van der Waals surface area contributed by atoms with Gasteiger partial charge in [0.15, 0.2) is 0 Å². The number of hydrogen-bond acceptors (Lipinski definition) is 3. The molecule has 1 aromatic rings. The molecule has 0 heterocycles. The second-order valence-electron chi connectivity index (χ2n) is 4.14. The van der Waals surface area contributed by atoms with Crippen LogP contribution in [0.3, 0.4) is 0 Å². The van der Waals surface area contributed by atoms with Gasteiger partial charge in [-0.2, -0.15) is 0 Å². The summed E-state index contributed by atoms with van der Waals surface area (Å²) >= 11 is 5.94. The second kappa shape index (κ2) is 7.14. The number of carbonyl (C=O) groups excluding carboxylic acids is 2. The van der Waals surface area contributed by atoms with E-state index in [1.807, 2.05) is 13.8 Å². The zero-order chi connectivity index (χ0) is 14.4. The number of rotatable bonds is 5. The van der Waals surface area contributed by atoms with E-state index in [0.717, 1.165) is 5.56 Å². The molecule has 1 rings (SSSR count). The van der Waals surface area contributed by atoms with Crippen molar-refractivity contribution in [2.45, 2.75) is 20.8 Å². The summed E-state index contributed by atoms with van der Waals surface area (Å²) in [4.78, 5) is 25.2. The van der Waals surface area contributed by atoms with E-state index < -0.39 is 5.97 Å². The number of carbonyl (C=O) groups is 2. The third-order valence-corrected chi connectivity index (χ3v) is 2.80. The third-order valence-electron chi connectivity index (χ3n) is 2.58. The molecule has 0 saturated heterocycles. The van der Waals surface area contributed by atoms with Crippen LogP contribution in [0.25, 0.3) is 0 Å². The van der Waals surface area contributed by atoms with Crippen LogP contribution in [0.2, 0.25) is 5.02 Å². The lowest BCUT2D eigenvalue weighted by atomic mass is 10.1. The Bertz CT molecular complexity index is 454. The van der Waals surface area contributed by atoms with E-state index in [2.05, 4.69) is 0 Å². The lowest BCUT2D eigenvalue weighted by molar-refractivity contribution is -0.143. The lowest BCUT2D eigenvalue weighted by Gasteiger charge is -2.20. The Morgan fingerprint density at radius 1 is 1.26 bits per heavy atom. The van der Waals surface area contributed by atoms with E-state index in [0.29, 0.717) is 23.7 Å². The van der Waals surface area contributed by atoms with Gasteiger partial charge in [0.2, 0.25) is 0 Å². The van der Waals surface area contributed by atoms with Gasteiger partial charge in [0, 0.05) is 17.1 Å². The molecule has 0 aliphatic heterocycles. The monoisotopic (exact) mass is 283 g/mol. The van der Waals surface area contributed by atoms with Gasteiger partial charge in [-0.25, -0.2) is 0 Å². The highest BCUT2D eigenvalue weighted by molar-refractivity contribution is 6.31. The van der Waals surface area contributed by atoms with E-state index in [1.165, 1.54) is 4.90 Å². The molecular weight excluding hydrogens is 266 g/mol. The van der Waals surface area contributed by atoms with Crippen molar-refractivity contribution in [1.82, 2.24) is 4.90 Å². The summed E-state index contributed by atoms with van der Waals surface area (Å²) in [7, 11) is 0. The van der Waals surface area contributed by atoms with Crippen molar-refractivity contribution in [2.75, 3.05) is 19.7 Å². The largest absolute Gasteiger partial charge is 0.465 e. The Balaban J connectivity index is 2.86. The predicted molar refractivity (Wildman–Crippen MR) is 74.4 cm³/mol. The van der Waals surface area contributed by atoms with Crippen LogP contribution in [0.1, 0.15) is 29.8 Å². The van der Waals surface area contributed by atoms with Gasteiger partial charge in [0.05, 0.1) is 6.61 Å². The summed E-state index contributed by atoms with van der Waals surface area (Å²) in [5, 5.41) is 0.510. The first-order valence-electron chi connectivity index (χ1n) is 6.20. The van der Waals surface area contributed by atoms with Crippen molar-refractivity contribution in [3.63, 3.8) is 0 Å². The fraction of sp³-hybridized carbons (Fsp3) is 0.429. The van der Waals surface area contributed by atoms with Crippen molar-refractivity contribution in [3.05, 3.63) is 34.3 Å². The van der Waals surface area contributed by atoms with Gasteiger partial charge in [-0.05, 0) is 44.5 Å². The van der Waals surface area contributed by atoms with E-state index in [1.54, 1.807) is 25.1 Å². The van der Waals surface area contributed by atoms with Crippen molar-refractivity contribution >= 4 is 23.5 Å². The molecule has 0 aliphatic carbocycles. The average molecular weight is 284 g/mol. The molecule has 0 spiro atoms. The Kier molecular flexibility index (Phi) is 5.83. The number of nitrogens with zero attached hydrogens (tertiary/aromatic N) is 1. The molecule has 0 fully saturated rings. The number of ether oxygens (including phenoxy) is 1. The van der Waals surface area contributed by atoms with Crippen LogP contribution in [0.5, 0.6) is 0 Å². The lowest BCUT2D eigenvalue weighted by Crippen LogP contribution is -2.36. The predicted octanol–water partition coefficient (Wildman–Crippen LogP) is 2.67. The molecule has 4 nitrogen and oxygen atoms in total. The van der Waals surface area contributed by atoms with Crippen LogP contribution < -0.4 is 0 Å². The third kappa shape index (κ3) is 4.56. The second-order valence-corrected chi connectivity index (χ2v) is 4.58. The summed E-state index contributed by atoms with van der Waals surface area (Å²) in [6.07, 6.45) is 0. The first-order chi connectivity index (χ1) is 8.97. The van der Waals surface area contributed by atoms with Gasteiger partial charge < -0.3 is 9.64 Å². The van der Waals surface area contributed by atoms with E-state index in [4.69, 9.17) is 16.3 Å². The van der Waals surface area contributed by atoms with Crippen LogP contribution in [-0.2, 0) is 9.53 Å². The highest BCUT2D eigenvalue weighted by atomic mass is 35.5. The fourth-order valence-electron chi connectivity index (χ4n) is 1.73. The number of benzene rings is 1. The van der Waals surface area contributed by atoms with Gasteiger partial charge in [-0.3, -0.25) is 9.59 Å². The number of likely N-dealkylation sites (N-methyl/N-ethyl adjacent to an activating group) is 1. The molecule has 0 aromatic heterocycles. The molecule has 0 atom stereocenters. The van der Waals surface area contributed by atoms with E-state index in [-0.39, 0.29) is 12.5 Å². The highest BCUT2D eigenvalue weighted by Gasteiger charge is 2.18. The van der Waals surface area contributed by atoms with Gasteiger partial charge in [0.1, 0.15) is 6.54 Å². The quantitative estimate of drug-likeness (QED) is 0.781. The summed E-state index contributed by atoms with van der Waals surface area (Å²) in [5.41, 5.74) is 1.39. The number of amides is 1. The minimum absolute atomic E-state index is 0.0469. The molecule has 1 amide bonds. The Labute approximate surface area is 118 Å². The minimum atomic E-state index is -0.406. The number of hydrogen-bond donors (Lipinski definition) is 0. The SMILES string of the molecule is CCOC(=O)CN(CC)C(=O)c1cc(C)cc(Cl)c1. The molecule has 104 valence electrons. The molecule has 0 aliphatic rings. The molecular formula is C14H18ClNO3. The van der Waals surface area contributed by atoms with Crippen molar-refractivity contribution in [3.8, 4) is 0 Å². The number of aryl methyl sites for hydroxylation is 1. The van der Waals surface area contributed by atoms with Crippen LogP contribution >= 0.6 is 11.6 Å². The molecule has 0 unspecified atom stereocenters. The normalized spacial score (nSPS) is 10.1. The Morgan fingerprint density at radius 2 is 1.95 bits per heavy atom. The maximum absolute atomic E-state index is 12.3. The zero-order valence-corrected chi connectivity index (χ0v) is 12.2. The van der Waals surface area contributed by atoms with Crippen molar-refractivity contribution < 1.29 is 14.3 Å². The smallest absolute Gasteiger partial charge is 0.325 e. The van der Waals surface area contributed by atoms with E-state index >= 15 is 0 Å². The van der Waals surface area contributed by atoms with Gasteiger partial charge in [-0.15, -0.1) is 0 Å². The summed E-state index contributed by atoms with van der Waals surface area (Å²) in [5.74, 6) is -0.627. The van der Waals surface area contributed by atoms with Gasteiger partial charge >= 0.3 is 5.97 Å². The van der Waals surface area contributed by atoms with Crippen LogP contribution in [-0.4, -0.2) is 36.5 Å². The maximum atomic E-state index is 12.3. The molecule has 5 heteroatoms. The van der Waals surface area contributed by atoms with Gasteiger partial charge in [0.25, 0.3) is 5.91 Å². The molecule has 0 saturated carbocycles. The highest BCUT2D eigenvalue weighted by Crippen LogP contribution is 2.16. The Morgan fingerprint density at radius 3 is 2.47 bits per heavy atom. The van der Waals surface area contributed by atoms with Gasteiger partial charge in [-0.1, -0.05) is 11.6 Å². The fourth-order valence-corrected chi connectivity index (χ4v) is 2.02. The molecule has 19 heavy (non-hydrogen) atoms. The average Bonchev–Trinajstić information content (AvgIpc) is 2.34.